The maximum absolute atomic E-state index is 10.8. The maximum atomic E-state index is 10.8. The van der Waals surface area contributed by atoms with Crippen LogP contribution in [0.1, 0.15) is 18.6 Å². The summed E-state index contributed by atoms with van der Waals surface area (Å²) in [5, 5.41) is 0.605. The summed E-state index contributed by atoms with van der Waals surface area (Å²) in [6.07, 6.45) is -0.411. The molecular weight excluding hydrogens is 202 g/mol. The number of hydrogen-bond donors (Lipinski definition) is 1. The highest BCUT2D eigenvalue weighted by atomic mass is 35.5. The van der Waals surface area contributed by atoms with E-state index in [1.807, 2.05) is 6.07 Å². The Bertz CT molecular complexity index is 328. The number of carbonyl (C=O) groups excluding carboxylic acids is 1. The number of hydrogen-bond acceptors (Lipinski definition) is 3. The van der Waals surface area contributed by atoms with E-state index in [0.29, 0.717) is 5.02 Å². The Morgan fingerprint density at radius 2 is 2.36 bits per heavy atom. The van der Waals surface area contributed by atoms with Crippen molar-refractivity contribution in [2.45, 2.75) is 13.0 Å². The molecule has 2 N–H and O–H groups in total. The van der Waals surface area contributed by atoms with Crippen molar-refractivity contribution in [1.29, 1.82) is 0 Å². The van der Waals surface area contributed by atoms with Crippen molar-refractivity contribution in [1.82, 2.24) is 0 Å². The Morgan fingerprint density at radius 1 is 1.64 bits per heavy atom. The Morgan fingerprint density at radius 3 is 2.86 bits per heavy atom. The van der Waals surface area contributed by atoms with Crippen molar-refractivity contribution in [3.8, 4) is 0 Å². The Kier molecular flexibility index (Phi) is 3.92. The molecule has 0 bridgehead atoms. The van der Waals surface area contributed by atoms with Gasteiger partial charge in [0.2, 0.25) is 0 Å². The van der Waals surface area contributed by atoms with Gasteiger partial charge in [0, 0.05) is 18.5 Å². The lowest BCUT2D eigenvalue weighted by Crippen LogP contribution is -2.18. The van der Waals surface area contributed by atoms with Crippen molar-refractivity contribution < 1.29 is 9.53 Å². The highest BCUT2D eigenvalue weighted by Crippen LogP contribution is 2.19. The zero-order valence-electron chi connectivity index (χ0n) is 7.87. The minimum Gasteiger partial charge on any atom is -0.456 e. The average Bonchev–Trinajstić information content (AvgIpc) is 2.14. The van der Waals surface area contributed by atoms with Crippen LogP contribution in [0.15, 0.2) is 24.3 Å². The molecule has 76 valence electrons. The molecule has 1 atom stereocenters. The van der Waals surface area contributed by atoms with Gasteiger partial charge in [-0.15, -0.1) is 0 Å². The van der Waals surface area contributed by atoms with E-state index in [9.17, 15) is 4.79 Å². The number of nitrogens with two attached hydrogens (primary N) is 1. The predicted octanol–water partition coefficient (Wildman–Crippen LogP) is 1.90. The number of ether oxygens (including phenoxy) is 1. The van der Waals surface area contributed by atoms with Crippen molar-refractivity contribution in [3.05, 3.63) is 34.9 Å². The zero-order valence-corrected chi connectivity index (χ0v) is 8.62. The van der Waals surface area contributed by atoms with Crippen LogP contribution in [0.25, 0.3) is 0 Å². The molecule has 0 saturated carbocycles. The number of esters is 1. The van der Waals surface area contributed by atoms with Crippen molar-refractivity contribution in [2.75, 3.05) is 6.54 Å². The maximum Gasteiger partial charge on any atom is 0.303 e. The SMILES string of the molecule is CC(=O)O[C@@H](CN)c1cccc(Cl)c1. The van der Waals surface area contributed by atoms with Crippen LogP contribution in [0.5, 0.6) is 0 Å². The third-order valence-corrected chi connectivity index (χ3v) is 1.98. The van der Waals surface area contributed by atoms with Crippen molar-refractivity contribution in [3.63, 3.8) is 0 Å². The van der Waals surface area contributed by atoms with Crippen molar-refractivity contribution >= 4 is 17.6 Å². The molecule has 1 aromatic carbocycles. The van der Waals surface area contributed by atoms with Gasteiger partial charge in [-0.05, 0) is 17.7 Å². The van der Waals surface area contributed by atoms with Gasteiger partial charge in [0.1, 0.15) is 6.10 Å². The second-order valence-corrected chi connectivity index (χ2v) is 3.33. The summed E-state index contributed by atoms with van der Waals surface area (Å²) in [6.45, 7) is 1.60. The molecule has 0 saturated heterocycles. The van der Waals surface area contributed by atoms with Crippen LogP contribution in [0.2, 0.25) is 5.02 Å². The molecule has 3 nitrogen and oxygen atoms in total. The lowest BCUT2D eigenvalue weighted by atomic mass is 10.1. The van der Waals surface area contributed by atoms with Gasteiger partial charge in [0.25, 0.3) is 0 Å². The van der Waals surface area contributed by atoms with Gasteiger partial charge in [-0.3, -0.25) is 4.79 Å². The molecule has 0 aromatic heterocycles. The number of carbonyl (C=O) groups is 1. The molecule has 0 aliphatic heterocycles. The van der Waals surface area contributed by atoms with E-state index < -0.39 is 6.10 Å². The number of rotatable bonds is 3. The molecule has 1 aromatic rings. The molecule has 14 heavy (non-hydrogen) atoms. The Balaban J connectivity index is 2.83. The molecular formula is C10H12ClNO2. The highest BCUT2D eigenvalue weighted by molar-refractivity contribution is 6.30. The fraction of sp³-hybridized carbons (Fsp3) is 0.300. The predicted molar refractivity (Wildman–Crippen MR) is 55.0 cm³/mol. The van der Waals surface area contributed by atoms with Gasteiger partial charge in [0.15, 0.2) is 0 Å². The molecule has 0 heterocycles. The first-order chi connectivity index (χ1) is 6.63. The number of benzene rings is 1. The molecule has 0 amide bonds. The van der Waals surface area contributed by atoms with Crippen LogP contribution in [0.3, 0.4) is 0 Å². The van der Waals surface area contributed by atoms with Gasteiger partial charge >= 0.3 is 5.97 Å². The van der Waals surface area contributed by atoms with E-state index >= 15 is 0 Å². The zero-order chi connectivity index (χ0) is 10.6. The first-order valence-electron chi connectivity index (χ1n) is 4.26. The molecule has 0 fully saturated rings. The lowest BCUT2D eigenvalue weighted by Gasteiger charge is -2.15. The fourth-order valence-corrected chi connectivity index (χ4v) is 1.36. The van der Waals surface area contributed by atoms with E-state index in [-0.39, 0.29) is 12.5 Å². The summed E-state index contributed by atoms with van der Waals surface area (Å²) in [5.41, 5.74) is 6.30. The van der Waals surface area contributed by atoms with Crippen LogP contribution < -0.4 is 5.73 Å². The van der Waals surface area contributed by atoms with Gasteiger partial charge in [-0.1, -0.05) is 23.7 Å². The smallest absolute Gasteiger partial charge is 0.303 e. The largest absolute Gasteiger partial charge is 0.456 e. The topological polar surface area (TPSA) is 52.3 Å². The first kappa shape index (κ1) is 11.0. The minimum atomic E-state index is -0.411. The van der Waals surface area contributed by atoms with Crippen LogP contribution in [-0.4, -0.2) is 12.5 Å². The lowest BCUT2D eigenvalue weighted by molar-refractivity contribution is -0.146. The molecule has 1 rings (SSSR count). The monoisotopic (exact) mass is 213 g/mol. The van der Waals surface area contributed by atoms with Gasteiger partial charge in [0.05, 0.1) is 0 Å². The van der Waals surface area contributed by atoms with E-state index in [2.05, 4.69) is 0 Å². The normalized spacial score (nSPS) is 12.2. The summed E-state index contributed by atoms with van der Waals surface area (Å²) >= 11 is 5.80. The van der Waals surface area contributed by atoms with E-state index in [1.54, 1.807) is 18.2 Å². The first-order valence-corrected chi connectivity index (χ1v) is 4.64. The highest BCUT2D eigenvalue weighted by Gasteiger charge is 2.12. The van der Waals surface area contributed by atoms with Crippen molar-refractivity contribution in [2.24, 2.45) is 5.73 Å². The minimum absolute atomic E-state index is 0.250. The number of halogens is 1. The summed E-state index contributed by atoms with van der Waals surface area (Å²) in [4.78, 5) is 10.8. The molecule has 0 radical (unpaired) electrons. The van der Waals surface area contributed by atoms with Crippen LogP contribution >= 0.6 is 11.6 Å². The molecule has 0 aliphatic carbocycles. The standard InChI is InChI=1S/C10H12ClNO2/c1-7(13)14-10(6-12)8-3-2-4-9(11)5-8/h2-5,10H,6,12H2,1H3/t10-/m0/s1. The second-order valence-electron chi connectivity index (χ2n) is 2.89. The summed E-state index contributed by atoms with van der Waals surface area (Å²) in [6, 6.07) is 7.12. The van der Waals surface area contributed by atoms with Gasteiger partial charge in [-0.2, -0.15) is 0 Å². The van der Waals surface area contributed by atoms with Gasteiger partial charge in [-0.25, -0.2) is 0 Å². The molecule has 4 heteroatoms. The molecule has 0 unspecified atom stereocenters. The van der Waals surface area contributed by atoms with E-state index in [0.717, 1.165) is 5.56 Å². The van der Waals surface area contributed by atoms with Crippen LogP contribution in [-0.2, 0) is 9.53 Å². The van der Waals surface area contributed by atoms with Crippen LogP contribution in [0.4, 0.5) is 0 Å². The fourth-order valence-electron chi connectivity index (χ4n) is 1.16. The molecule has 0 aliphatic rings. The summed E-state index contributed by atoms with van der Waals surface area (Å²) in [7, 11) is 0. The van der Waals surface area contributed by atoms with Crippen LogP contribution in [0, 0.1) is 0 Å². The quantitative estimate of drug-likeness (QED) is 0.781. The second kappa shape index (κ2) is 4.98. The summed E-state index contributed by atoms with van der Waals surface area (Å²) < 4.78 is 5.02. The van der Waals surface area contributed by atoms with E-state index in [4.69, 9.17) is 22.1 Å². The average molecular weight is 214 g/mol. The Labute approximate surface area is 87.8 Å². The summed E-state index contributed by atoms with van der Waals surface area (Å²) in [5.74, 6) is -0.347. The third kappa shape index (κ3) is 3.01. The Hall–Kier alpha value is -1.06. The van der Waals surface area contributed by atoms with Gasteiger partial charge < -0.3 is 10.5 Å². The third-order valence-electron chi connectivity index (χ3n) is 1.74. The molecule has 0 spiro atoms. The van der Waals surface area contributed by atoms with E-state index in [1.165, 1.54) is 6.92 Å².